The van der Waals surface area contributed by atoms with E-state index in [0.717, 1.165) is 12.0 Å². The van der Waals surface area contributed by atoms with E-state index in [1.54, 1.807) is 0 Å². The van der Waals surface area contributed by atoms with Crippen molar-refractivity contribution in [1.29, 1.82) is 0 Å². The summed E-state index contributed by atoms with van der Waals surface area (Å²) in [6.45, 7) is 2.66. The van der Waals surface area contributed by atoms with Gasteiger partial charge in [-0.3, -0.25) is 9.59 Å². The zero-order chi connectivity index (χ0) is 15.1. The van der Waals surface area contributed by atoms with E-state index in [-0.39, 0.29) is 17.2 Å². The Morgan fingerprint density at radius 1 is 1.33 bits per heavy atom. The highest BCUT2D eigenvalue weighted by molar-refractivity contribution is 7.99. The van der Waals surface area contributed by atoms with Crippen molar-refractivity contribution >= 4 is 17.7 Å². The molecule has 21 heavy (non-hydrogen) atoms. The Bertz CT molecular complexity index is 655. The summed E-state index contributed by atoms with van der Waals surface area (Å²) in [6.07, 6.45) is 0.898. The molecule has 110 valence electrons. The quantitative estimate of drug-likeness (QED) is 0.633. The molecular formula is C15H17N3O2S. The van der Waals surface area contributed by atoms with E-state index in [2.05, 4.69) is 15.3 Å². The Kier molecular flexibility index (Phi) is 5.57. The zero-order valence-corrected chi connectivity index (χ0v) is 12.6. The number of aromatic nitrogens is 2. The second-order valence-electron chi connectivity index (χ2n) is 4.44. The molecule has 1 aromatic heterocycles. The molecule has 2 rings (SSSR count). The lowest BCUT2D eigenvalue weighted by atomic mass is 10.1. The predicted octanol–water partition coefficient (Wildman–Crippen LogP) is 2.06. The number of nitrogens with zero attached hydrogens (tertiary/aromatic N) is 1. The second-order valence-corrected chi connectivity index (χ2v) is 5.40. The molecular weight excluding hydrogens is 286 g/mol. The van der Waals surface area contributed by atoms with Gasteiger partial charge in [-0.25, -0.2) is 4.98 Å². The largest absolute Gasteiger partial charge is 0.355 e. The van der Waals surface area contributed by atoms with Crippen LogP contribution in [0.25, 0.3) is 11.3 Å². The molecule has 0 unspecified atom stereocenters. The van der Waals surface area contributed by atoms with Crippen molar-refractivity contribution in [3.8, 4) is 11.3 Å². The Labute approximate surface area is 127 Å². The first-order valence-corrected chi connectivity index (χ1v) is 7.74. The van der Waals surface area contributed by atoms with Crippen LogP contribution >= 0.6 is 11.8 Å². The fraction of sp³-hybridized carbons (Fsp3) is 0.267. The lowest BCUT2D eigenvalue weighted by molar-refractivity contribution is -0.118. The van der Waals surface area contributed by atoms with Gasteiger partial charge in [0, 0.05) is 18.2 Å². The van der Waals surface area contributed by atoms with Gasteiger partial charge in [0.1, 0.15) is 0 Å². The van der Waals surface area contributed by atoms with Gasteiger partial charge in [-0.2, -0.15) is 0 Å². The average Bonchev–Trinajstić information content (AvgIpc) is 2.51. The van der Waals surface area contributed by atoms with Crippen molar-refractivity contribution < 1.29 is 4.79 Å². The number of carbonyl (C=O) groups excluding carboxylic acids is 1. The van der Waals surface area contributed by atoms with Crippen molar-refractivity contribution in [2.45, 2.75) is 18.5 Å². The molecule has 0 saturated heterocycles. The summed E-state index contributed by atoms with van der Waals surface area (Å²) in [7, 11) is 0. The average molecular weight is 303 g/mol. The highest BCUT2D eigenvalue weighted by atomic mass is 32.2. The van der Waals surface area contributed by atoms with Gasteiger partial charge in [0.2, 0.25) is 5.91 Å². The molecule has 1 aromatic carbocycles. The van der Waals surface area contributed by atoms with Crippen molar-refractivity contribution in [1.82, 2.24) is 15.3 Å². The van der Waals surface area contributed by atoms with Crippen LogP contribution in [-0.2, 0) is 4.79 Å². The summed E-state index contributed by atoms with van der Waals surface area (Å²) in [5.41, 5.74) is 1.26. The highest BCUT2D eigenvalue weighted by Gasteiger charge is 2.07. The van der Waals surface area contributed by atoms with E-state index in [4.69, 9.17) is 0 Å². The van der Waals surface area contributed by atoms with Crippen LogP contribution in [0, 0.1) is 0 Å². The minimum atomic E-state index is -0.222. The Hall–Kier alpha value is -2.08. The zero-order valence-electron chi connectivity index (χ0n) is 11.8. The molecule has 5 nitrogen and oxygen atoms in total. The topological polar surface area (TPSA) is 74.8 Å². The third-order valence-electron chi connectivity index (χ3n) is 2.70. The number of hydrogen-bond acceptors (Lipinski definition) is 4. The lowest BCUT2D eigenvalue weighted by Crippen LogP contribution is -2.25. The van der Waals surface area contributed by atoms with Gasteiger partial charge >= 0.3 is 0 Å². The normalized spacial score (nSPS) is 10.3. The van der Waals surface area contributed by atoms with Crippen molar-refractivity contribution in [3.63, 3.8) is 0 Å². The Morgan fingerprint density at radius 2 is 2.10 bits per heavy atom. The van der Waals surface area contributed by atoms with E-state index in [0.29, 0.717) is 17.4 Å². The van der Waals surface area contributed by atoms with E-state index in [1.165, 1.54) is 17.8 Å². The molecule has 0 aliphatic carbocycles. The van der Waals surface area contributed by atoms with Gasteiger partial charge in [0.15, 0.2) is 5.16 Å². The fourth-order valence-corrected chi connectivity index (χ4v) is 2.42. The minimum Gasteiger partial charge on any atom is -0.355 e. The van der Waals surface area contributed by atoms with E-state index in [1.807, 2.05) is 37.3 Å². The number of amides is 1. The summed E-state index contributed by atoms with van der Waals surface area (Å²) in [5.74, 6) is 0.177. The molecule has 1 amide bonds. The van der Waals surface area contributed by atoms with Crippen LogP contribution in [0.3, 0.4) is 0 Å². The van der Waals surface area contributed by atoms with Crippen LogP contribution in [0.1, 0.15) is 13.3 Å². The Morgan fingerprint density at radius 3 is 2.81 bits per heavy atom. The van der Waals surface area contributed by atoms with Crippen LogP contribution < -0.4 is 10.9 Å². The van der Waals surface area contributed by atoms with E-state index >= 15 is 0 Å². The molecule has 1 heterocycles. The van der Waals surface area contributed by atoms with Gasteiger partial charge in [0.25, 0.3) is 5.56 Å². The molecule has 0 atom stereocenters. The number of carbonyl (C=O) groups is 1. The van der Waals surface area contributed by atoms with E-state index < -0.39 is 0 Å². The number of H-pyrrole nitrogens is 1. The minimum absolute atomic E-state index is 0.0605. The third kappa shape index (κ3) is 4.75. The maximum absolute atomic E-state index is 11.7. The molecule has 2 aromatic rings. The van der Waals surface area contributed by atoms with Crippen LogP contribution in [0.15, 0.2) is 46.3 Å². The van der Waals surface area contributed by atoms with Crippen molar-refractivity contribution in [2.75, 3.05) is 12.3 Å². The maximum Gasteiger partial charge on any atom is 0.252 e. The molecule has 0 radical (unpaired) electrons. The molecule has 0 bridgehead atoms. The highest BCUT2D eigenvalue weighted by Crippen LogP contribution is 2.18. The van der Waals surface area contributed by atoms with Gasteiger partial charge in [-0.05, 0) is 6.42 Å². The van der Waals surface area contributed by atoms with Crippen molar-refractivity contribution in [2.24, 2.45) is 0 Å². The monoisotopic (exact) mass is 303 g/mol. The van der Waals surface area contributed by atoms with Crippen LogP contribution in [-0.4, -0.2) is 28.2 Å². The van der Waals surface area contributed by atoms with Crippen molar-refractivity contribution in [3.05, 3.63) is 46.8 Å². The number of aromatic amines is 1. The summed E-state index contributed by atoms with van der Waals surface area (Å²) in [6, 6.07) is 10.9. The van der Waals surface area contributed by atoms with Gasteiger partial charge < -0.3 is 10.3 Å². The molecule has 0 aliphatic heterocycles. The summed E-state index contributed by atoms with van der Waals surface area (Å²) >= 11 is 1.22. The molecule has 0 spiro atoms. The lowest BCUT2D eigenvalue weighted by Gasteiger charge is -2.05. The molecule has 0 fully saturated rings. The standard InChI is InChI=1S/C15H17N3O2S/c1-2-8-16-14(20)10-21-15-17-12(9-13(19)18-15)11-6-4-3-5-7-11/h3-7,9H,2,8,10H2,1H3,(H,16,20)(H,17,18,19). The first-order chi connectivity index (χ1) is 10.2. The molecule has 0 saturated carbocycles. The maximum atomic E-state index is 11.7. The molecule has 6 heteroatoms. The number of nitrogens with one attached hydrogen (secondary N) is 2. The van der Waals surface area contributed by atoms with E-state index in [9.17, 15) is 9.59 Å². The number of rotatable bonds is 6. The second kappa shape index (κ2) is 7.64. The third-order valence-corrected chi connectivity index (χ3v) is 3.57. The predicted molar refractivity (Wildman–Crippen MR) is 84.3 cm³/mol. The molecule has 2 N–H and O–H groups in total. The Balaban J connectivity index is 2.09. The van der Waals surface area contributed by atoms with Crippen LogP contribution in [0.4, 0.5) is 0 Å². The summed E-state index contributed by atoms with van der Waals surface area (Å²) in [4.78, 5) is 30.3. The number of benzene rings is 1. The molecule has 0 aliphatic rings. The number of hydrogen-bond donors (Lipinski definition) is 2. The first kappa shape index (κ1) is 15.3. The smallest absolute Gasteiger partial charge is 0.252 e. The number of thioether (sulfide) groups is 1. The summed E-state index contributed by atoms with van der Waals surface area (Å²) < 4.78 is 0. The van der Waals surface area contributed by atoms with Gasteiger partial charge in [-0.1, -0.05) is 49.0 Å². The van der Waals surface area contributed by atoms with Gasteiger partial charge in [0.05, 0.1) is 11.4 Å². The van der Waals surface area contributed by atoms with Crippen LogP contribution in [0.5, 0.6) is 0 Å². The van der Waals surface area contributed by atoms with Crippen LogP contribution in [0.2, 0.25) is 0 Å². The summed E-state index contributed by atoms with van der Waals surface area (Å²) in [5, 5.41) is 3.24. The fourth-order valence-electron chi connectivity index (χ4n) is 1.71. The first-order valence-electron chi connectivity index (χ1n) is 6.75. The SMILES string of the molecule is CCCNC(=O)CSc1nc(-c2ccccc2)cc(=O)[nH]1. The van der Waals surface area contributed by atoms with Gasteiger partial charge in [-0.15, -0.1) is 0 Å².